The van der Waals surface area contributed by atoms with Crippen molar-refractivity contribution in [3.63, 3.8) is 0 Å². The lowest BCUT2D eigenvalue weighted by Crippen LogP contribution is -2.31. The van der Waals surface area contributed by atoms with E-state index in [1.807, 2.05) is 54.1 Å². The molecule has 0 radical (unpaired) electrons. The fourth-order valence-electron chi connectivity index (χ4n) is 3.01. The van der Waals surface area contributed by atoms with E-state index < -0.39 is 0 Å². The third-order valence-corrected chi connectivity index (χ3v) is 5.12. The predicted molar refractivity (Wildman–Crippen MR) is 107 cm³/mol. The number of amides is 1. The number of carbonyl (C=O) groups is 1. The van der Waals surface area contributed by atoms with Gasteiger partial charge in [-0.05, 0) is 36.2 Å². The van der Waals surface area contributed by atoms with Crippen LogP contribution in [0.25, 0.3) is 11.0 Å². The van der Waals surface area contributed by atoms with Gasteiger partial charge in [-0.2, -0.15) is 0 Å². The molecule has 0 spiro atoms. The maximum Gasteiger partial charge on any atom is 0.242 e. The average molecular weight is 390 g/mol. The van der Waals surface area contributed by atoms with Gasteiger partial charge in [0.1, 0.15) is 12.4 Å². The molecule has 3 aromatic rings. The van der Waals surface area contributed by atoms with Gasteiger partial charge < -0.3 is 9.47 Å². The van der Waals surface area contributed by atoms with E-state index in [0.29, 0.717) is 16.5 Å². The first kappa shape index (κ1) is 18.7. The highest BCUT2D eigenvalue weighted by molar-refractivity contribution is 6.36. The number of halogens is 2. The van der Waals surface area contributed by atoms with E-state index in [4.69, 9.17) is 28.2 Å². The highest BCUT2D eigenvalue weighted by Gasteiger charge is 2.18. The molecule has 0 atom stereocenters. The minimum Gasteiger partial charge on any atom is -0.344 e. The van der Waals surface area contributed by atoms with E-state index in [9.17, 15) is 4.79 Å². The van der Waals surface area contributed by atoms with Crippen LogP contribution in [0.5, 0.6) is 0 Å². The molecular weight excluding hydrogens is 369 g/mol. The van der Waals surface area contributed by atoms with Crippen LogP contribution in [0.15, 0.2) is 42.5 Å². The smallest absolute Gasteiger partial charge is 0.242 e. The molecule has 0 aliphatic heterocycles. The van der Waals surface area contributed by atoms with Crippen LogP contribution < -0.4 is 0 Å². The zero-order chi connectivity index (χ0) is 18.7. The molecule has 0 fully saturated rings. The van der Waals surface area contributed by atoms with Gasteiger partial charge in [-0.15, -0.1) is 0 Å². The lowest BCUT2D eigenvalue weighted by molar-refractivity contribution is -0.130. The Hall–Kier alpha value is -2.04. The van der Waals surface area contributed by atoms with Gasteiger partial charge in [-0.25, -0.2) is 4.98 Å². The Balaban J connectivity index is 2.01. The Bertz CT molecular complexity index is 916. The molecule has 1 amide bonds. The van der Waals surface area contributed by atoms with Crippen molar-refractivity contribution in [1.82, 2.24) is 14.5 Å². The Morgan fingerprint density at radius 3 is 2.50 bits per heavy atom. The maximum atomic E-state index is 12.6. The zero-order valence-corrected chi connectivity index (χ0v) is 16.4. The summed E-state index contributed by atoms with van der Waals surface area (Å²) in [4.78, 5) is 19.1. The largest absolute Gasteiger partial charge is 0.344 e. The topological polar surface area (TPSA) is 38.1 Å². The molecule has 1 aromatic heterocycles. The number of fused-ring (bicyclic) bond motifs is 1. The number of benzene rings is 2. The molecule has 136 valence electrons. The van der Waals surface area contributed by atoms with Gasteiger partial charge in [0.2, 0.25) is 5.91 Å². The Morgan fingerprint density at radius 2 is 1.81 bits per heavy atom. The van der Waals surface area contributed by atoms with Crippen molar-refractivity contribution in [3.05, 3.63) is 63.9 Å². The van der Waals surface area contributed by atoms with Crippen LogP contribution in [0.2, 0.25) is 10.0 Å². The number of carbonyl (C=O) groups excluding carboxylic acids is 1. The molecule has 26 heavy (non-hydrogen) atoms. The summed E-state index contributed by atoms with van der Waals surface area (Å²) in [6.45, 7) is 3.03. The average Bonchev–Trinajstić information content (AvgIpc) is 2.96. The normalized spacial score (nSPS) is 11.1. The van der Waals surface area contributed by atoms with E-state index in [1.165, 1.54) is 0 Å². The second-order valence-electron chi connectivity index (χ2n) is 6.30. The Labute approximate surface area is 163 Å². The third kappa shape index (κ3) is 3.87. The molecule has 3 rings (SSSR count). The molecule has 2 aromatic carbocycles. The van der Waals surface area contributed by atoms with Gasteiger partial charge in [0.25, 0.3) is 0 Å². The van der Waals surface area contributed by atoms with Crippen molar-refractivity contribution in [2.75, 3.05) is 13.6 Å². The standard InChI is InChI=1S/C20H21Cl2N3O/c1-3-11-24(2)20(26)13-25-18-10-5-4-9-17(18)23-19(25)12-14-15(21)7-6-8-16(14)22/h4-10H,3,11-13H2,1-2H3. The van der Waals surface area contributed by atoms with Gasteiger partial charge in [0, 0.05) is 30.1 Å². The summed E-state index contributed by atoms with van der Waals surface area (Å²) < 4.78 is 1.96. The van der Waals surface area contributed by atoms with Crippen molar-refractivity contribution in [2.45, 2.75) is 26.3 Å². The first-order valence-corrected chi connectivity index (χ1v) is 9.37. The first-order valence-electron chi connectivity index (χ1n) is 8.62. The lowest BCUT2D eigenvalue weighted by Gasteiger charge is -2.18. The summed E-state index contributed by atoms with van der Waals surface area (Å²) in [5, 5.41) is 1.20. The summed E-state index contributed by atoms with van der Waals surface area (Å²) in [6, 6.07) is 13.3. The molecule has 0 saturated carbocycles. The second-order valence-corrected chi connectivity index (χ2v) is 7.11. The summed E-state index contributed by atoms with van der Waals surface area (Å²) >= 11 is 12.7. The monoisotopic (exact) mass is 389 g/mol. The highest BCUT2D eigenvalue weighted by atomic mass is 35.5. The number of likely N-dealkylation sites (N-methyl/N-ethyl adjacent to an activating group) is 1. The molecule has 4 nitrogen and oxygen atoms in total. The molecule has 0 aliphatic carbocycles. The third-order valence-electron chi connectivity index (χ3n) is 4.41. The fourth-order valence-corrected chi connectivity index (χ4v) is 3.54. The van der Waals surface area contributed by atoms with Gasteiger partial charge in [0.15, 0.2) is 0 Å². The summed E-state index contributed by atoms with van der Waals surface area (Å²) in [7, 11) is 1.83. The van der Waals surface area contributed by atoms with Crippen molar-refractivity contribution >= 4 is 40.1 Å². The molecule has 0 bridgehead atoms. The summed E-state index contributed by atoms with van der Waals surface area (Å²) in [5.41, 5.74) is 2.61. The van der Waals surface area contributed by atoms with Crippen LogP contribution >= 0.6 is 23.2 Å². The molecular formula is C20H21Cl2N3O. The van der Waals surface area contributed by atoms with Crippen LogP contribution in [-0.2, 0) is 17.8 Å². The quantitative estimate of drug-likeness (QED) is 0.606. The van der Waals surface area contributed by atoms with Crippen molar-refractivity contribution in [3.8, 4) is 0 Å². The number of nitrogens with zero attached hydrogens (tertiary/aromatic N) is 3. The molecule has 6 heteroatoms. The van der Waals surface area contributed by atoms with Crippen molar-refractivity contribution in [2.24, 2.45) is 0 Å². The Kier molecular flexibility index (Phi) is 5.84. The van der Waals surface area contributed by atoms with Crippen molar-refractivity contribution in [1.29, 1.82) is 0 Å². The van der Waals surface area contributed by atoms with Crippen LogP contribution in [-0.4, -0.2) is 34.0 Å². The minimum absolute atomic E-state index is 0.0570. The van der Waals surface area contributed by atoms with Gasteiger partial charge in [-0.1, -0.05) is 48.3 Å². The number of hydrogen-bond acceptors (Lipinski definition) is 2. The Morgan fingerprint density at radius 1 is 1.12 bits per heavy atom. The van der Waals surface area contributed by atoms with E-state index in [2.05, 4.69) is 6.92 Å². The van der Waals surface area contributed by atoms with E-state index in [0.717, 1.165) is 35.4 Å². The fraction of sp³-hybridized carbons (Fsp3) is 0.300. The first-order chi connectivity index (χ1) is 12.5. The molecule has 0 unspecified atom stereocenters. The number of hydrogen-bond donors (Lipinski definition) is 0. The molecule has 1 heterocycles. The predicted octanol–water partition coefficient (Wildman–Crippen LogP) is 4.80. The van der Waals surface area contributed by atoms with E-state index in [-0.39, 0.29) is 12.5 Å². The van der Waals surface area contributed by atoms with Crippen LogP contribution in [0.4, 0.5) is 0 Å². The van der Waals surface area contributed by atoms with E-state index in [1.54, 1.807) is 4.90 Å². The van der Waals surface area contributed by atoms with Crippen LogP contribution in [0.1, 0.15) is 24.7 Å². The summed E-state index contributed by atoms with van der Waals surface area (Å²) in [5.74, 6) is 0.834. The number of aromatic nitrogens is 2. The molecule has 0 aliphatic rings. The van der Waals surface area contributed by atoms with Gasteiger partial charge >= 0.3 is 0 Å². The molecule has 0 saturated heterocycles. The van der Waals surface area contributed by atoms with Gasteiger partial charge in [-0.3, -0.25) is 4.79 Å². The minimum atomic E-state index is 0.0570. The zero-order valence-electron chi connectivity index (χ0n) is 14.9. The maximum absolute atomic E-state index is 12.6. The highest BCUT2D eigenvalue weighted by Crippen LogP contribution is 2.28. The van der Waals surface area contributed by atoms with Gasteiger partial charge in [0.05, 0.1) is 11.0 Å². The SMILES string of the molecule is CCCN(C)C(=O)Cn1c(Cc2c(Cl)cccc2Cl)nc2ccccc21. The van der Waals surface area contributed by atoms with Crippen molar-refractivity contribution < 1.29 is 4.79 Å². The van der Waals surface area contributed by atoms with Crippen LogP contribution in [0, 0.1) is 0 Å². The van der Waals surface area contributed by atoms with Crippen LogP contribution in [0.3, 0.4) is 0 Å². The second kappa shape index (κ2) is 8.11. The molecule has 0 N–H and O–H groups in total. The number of imidazole rings is 1. The number of rotatable bonds is 6. The number of para-hydroxylation sites is 2. The summed E-state index contributed by atoms with van der Waals surface area (Å²) in [6.07, 6.45) is 1.40. The van der Waals surface area contributed by atoms with E-state index >= 15 is 0 Å². The lowest BCUT2D eigenvalue weighted by atomic mass is 10.1.